The fourth-order valence-electron chi connectivity index (χ4n) is 1.66. The Labute approximate surface area is 96.4 Å². The van der Waals surface area contributed by atoms with Crippen LogP contribution in [0.4, 0.5) is 0 Å². The molecule has 0 fully saturated rings. The van der Waals surface area contributed by atoms with Crippen molar-refractivity contribution in [2.24, 2.45) is 0 Å². The van der Waals surface area contributed by atoms with Crippen LogP contribution in [0.5, 0.6) is 0 Å². The zero-order valence-electron chi connectivity index (χ0n) is 8.28. The van der Waals surface area contributed by atoms with Gasteiger partial charge < -0.3 is 4.34 Å². The molecular weight excluding hydrogens is 240 g/mol. The van der Waals surface area contributed by atoms with Gasteiger partial charge in [-0.1, -0.05) is 0 Å². The van der Waals surface area contributed by atoms with E-state index < -0.39 is 0 Å². The quantitative estimate of drug-likeness (QED) is 0.615. The van der Waals surface area contributed by atoms with E-state index >= 15 is 0 Å². The van der Waals surface area contributed by atoms with E-state index in [2.05, 4.69) is 33.8 Å². The highest BCUT2D eigenvalue weighted by Crippen LogP contribution is 2.26. The van der Waals surface area contributed by atoms with E-state index in [1.54, 1.807) is 17.0 Å². The van der Waals surface area contributed by atoms with Crippen molar-refractivity contribution in [2.75, 3.05) is 0 Å². The van der Waals surface area contributed by atoms with Gasteiger partial charge in [0.25, 0.3) is 0 Å². The molecule has 16 heavy (non-hydrogen) atoms. The van der Waals surface area contributed by atoms with Crippen molar-refractivity contribution < 1.29 is 0 Å². The van der Waals surface area contributed by atoms with Crippen molar-refractivity contribution in [3.8, 4) is 11.3 Å². The van der Waals surface area contributed by atoms with Gasteiger partial charge in [0.2, 0.25) is 0 Å². The second-order valence-corrected chi connectivity index (χ2v) is 4.48. The van der Waals surface area contributed by atoms with Gasteiger partial charge in [-0.3, -0.25) is 4.45 Å². The molecule has 5 nitrogen and oxygen atoms in total. The van der Waals surface area contributed by atoms with Crippen molar-refractivity contribution in [2.45, 2.75) is 0 Å². The Morgan fingerprint density at radius 2 is 2.06 bits per heavy atom. The molecule has 0 N–H and O–H groups in total. The normalized spacial score (nSPS) is 11.1. The van der Waals surface area contributed by atoms with E-state index in [1.165, 1.54) is 0 Å². The molecule has 0 amide bonds. The number of hydrogen-bond donors (Lipinski definition) is 0. The van der Waals surface area contributed by atoms with E-state index in [1.807, 2.05) is 22.8 Å². The second kappa shape index (κ2) is 3.62. The van der Waals surface area contributed by atoms with Gasteiger partial charge in [-0.25, -0.2) is 9.97 Å². The third-order valence-electron chi connectivity index (χ3n) is 2.38. The Morgan fingerprint density at radius 1 is 1.19 bits per heavy atom. The average Bonchev–Trinajstić information content (AvgIpc) is 2.86. The number of nitrogens with zero attached hydrogens (tertiary/aromatic N) is 5. The number of fused-ring (bicyclic) bond motifs is 1. The Hall–Kier alpha value is -1.31. The monoisotopic (exact) mass is 249 g/mol. The fourth-order valence-corrected chi connectivity index (χ4v) is 2.18. The molecule has 0 aliphatic heterocycles. The van der Waals surface area contributed by atoms with Gasteiger partial charge in [0, 0.05) is 23.3 Å². The average molecular weight is 249 g/mol. The van der Waals surface area contributed by atoms with E-state index in [9.17, 15) is 0 Å². The predicted octanol–water partition coefficient (Wildman–Crippen LogP) is 1.57. The maximum Gasteiger partial charge on any atom is 0.146 e. The van der Waals surface area contributed by atoms with Crippen LogP contribution in [0.15, 0.2) is 31.0 Å². The van der Waals surface area contributed by atoms with Gasteiger partial charge in [-0.05, 0) is 24.8 Å². The van der Waals surface area contributed by atoms with Crippen LogP contribution in [-0.2, 0) is 0 Å². The van der Waals surface area contributed by atoms with E-state index in [4.69, 9.17) is 0 Å². The van der Waals surface area contributed by atoms with Crippen molar-refractivity contribution in [1.82, 2.24) is 23.9 Å². The maximum atomic E-state index is 4.31. The smallest absolute Gasteiger partial charge is 0.146 e. The van der Waals surface area contributed by atoms with E-state index in [0.29, 0.717) is 0 Å². The molecule has 0 spiro atoms. The minimum absolute atomic E-state index is 0.895. The zero-order valence-corrected chi connectivity index (χ0v) is 10.6. The Bertz CT molecular complexity index is 657. The lowest BCUT2D eigenvalue weighted by atomic mass is 10.2. The maximum absolute atomic E-state index is 4.31. The number of hydrogen-bond acceptors (Lipinski definition) is 3. The Morgan fingerprint density at radius 3 is 2.81 bits per heavy atom. The molecule has 0 aliphatic rings. The fraction of sp³-hybridized carbons (Fsp3) is 0. The van der Waals surface area contributed by atoms with Crippen LogP contribution in [-0.4, -0.2) is 23.9 Å². The Balaban J connectivity index is 2.31. The van der Waals surface area contributed by atoms with Crippen molar-refractivity contribution in [1.29, 1.82) is 0 Å². The molecule has 0 aromatic carbocycles. The third-order valence-corrected chi connectivity index (χ3v) is 3.08. The van der Waals surface area contributed by atoms with E-state index in [0.717, 1.165) is 22.3 Å². The summed E-state index contributed by atoms with van der Waals surface area (Å²) in [7, 11) is 5.09. The standard InChI is InChI=1S/C9H9N5P2/c15-13-2-1-7-8(10-5-11-9(7)13)6-3-12-14(16)4-6/h1-5H,15-16H2. The zero-order chi connectivity index (χ0) is 11.1. The van der Waals surface area contributed by atoms with Gasteiger partial charge in [-0.2, -0.15) is 5.10 Å². The highest BCUT2D eigenvalue weighted by atomic mass is 31.0. The van der Waals surface area contributed by atoms with Crippen molar-refractivity contribution >= 4 is 29.8 Å². The molecule has 80 valence electrons. The predicted molar refractivity (Wildman–Crippen MR) is 69.0 cm³/mol. The largest absolute Gasteiger partial charge is 0.317 e. The molecule has 3 aromatic heterocycles. The first-order chi connectivity index (χ1) is 7.75. The van der Waals surface area contributed by atoms with Crippen LogP contribution in [0.25, 0.3) is 22.3 Å². The van der Waals surface area contributed by atoms with Gasteiger partial charge in [0.1, 0.15) is 12.0 Å². The molecule has 0 saturated heterocycles. The van der Waals surface area contributed by atoms with E-state index in [-0.39, 0.29) is 0 Å². The molecule has 7 heteroatoms. The second-order valence-electron chi connectivity index (χ2n) is 3.39. The topological polar surface area (TPSA) is 48.5 Å². The first kappa shape index (κ1) is 9.88. The molecule has 2 atom stereocenters. The van der Waals surface area contributed by atoms with Gasteiger partial charge in [0.15, 0.2) is 0 Å². The SMILES string of the molecule is Pn1cc(-c2ncnc3c2ccn3P)cn1. The summed E-state index contributed by atoms with van der Waals surface area (Å²) >= 11 is 0. The summed E-state index contributed by atoms with van der Waals surface area (Å²) in [5, 5.41) is 5.14. The third kappa shape index (κ3) is 1.44. The molecule has 3 aromatic rings. The van der Waals surface area contributed by atoms with Crippen LogP contribution >= 0.6 is 18.8 Å². The molecule has 0 saturated carbocycles. The first-order valence-electron chi connectivity index (χ1n) is 4.63. The van der Waals surface area contributed by atoms with Crippen LogP contribution in [0.3, 0.4) is 0 Å². The lowest BCUT2D eigenvalue weighted by molar-refractivity contribution is 1.01. The summed E-state index contributed by atoms with van der Waals surface area (Å²) in [5.74, 6) is 0. The summed E-state index contributed by atoms with van der Waals surface area (Å²) < 4.78 is 3.58. The number of aromatic nitrogens is 5. The van der Waals surface area contributed by atoms with Crippen molar-refractivity contribution in [3.63, 3.8) is 0 Å². The van der Waals surface area contributed by atoms with Gasteiger partial charge in [-0.15, -0.1) is 0 Å². The summed E-state index contributed by atoms with van der Waals surface area (Å²) in [6, 6.07) is 2.00. The summed E-state index contributed by atoms with van der Waals surface area (Å²) in [6.45, 7) is 0. The summed E-state index contributed by atoms with van der Waals surface area (Å²) in [5.41, 5.74) is 2.78. The van der Waals surface area contributed by atoms with Gasteiger partial charge in [0.05, 0.1) is 11.9 Å². The van der Waals surface area contributed by atoms with Crippen LogP contribution < -0.4 is 0 Å². The molecule has 2 unspecified atom stereocenters. The molecule has 3 rings (SSSR count). The minimum atomic E-state index is 0.895. The first-order valence-corrected chi connectivity index (χ1v) is 5.66. The summed E-state index contributed by atoms with van der Waals surface area (Å²) in [6.07, 6.45) is 7.21. The molecule has 0 bridgehead atoms. The van der Waals surface area contributed by atoms with Gasteiger partial charge >= 0.3 is 0 Å². The number of rotatable bonds is 1. The summed E-state index contributed by atoms with van der Waals surface area (Å²) in [4.78, 5) is 8.54. The molecule has 3 heterocycles. The lowest BCUT2D eigenvalue weighted by Crippen LogP contribution is -1.87. The Kier molecular flexibility index (Phi) is 2.23. The minimum Gasteiger partial charge on any atom is -0.317 e. The highest BCUT2D eigenvalue weighted by molar-refractivity contribution is 7.14. The lowest BCUT2D eigenvalue weighted by Gasteiger charge is -1.99. The molecule has 0 radical (unpaired) electrons. The van der Waals surface area contributed by atoms with Crippen LogP contribution in [0.2, 0.25) is 0 Å². The molecule has 0 aliphatic carbocycles. The highest BCUT2D eigenvalue weighted by Gasteiger charge is 2.09. The van der Waals surface area contributed by atoms with Crippen molar-refractivity contribution in [3.05, 3.63) is 31.0 Å². The van der Waals surface area contributed by atoms with Crippen LogP contribution in [0.1, 0.15) is 0 Å². The molecular formula is C9H9N5P2. The van der Waals surface area contributed by atoms with Crippen LogP contribution in [0, 0.1) is 0 Å².